The molecule has 0 aromatic heterocycles. The Kier molecular flexibility index (Phi) is 9.09. The number of halogens is 6. The molecule has 2 rings (SSSR count). The highest BCUT2D eigenvalue weighted by atomic mass is 79.9. The second kappa shape index (κ2) is 9.10. The Morgan fingerprint density at radius 3 is 2.30 bits per heavy atom. The maximum atomic E-state index is 13.3. The van der Waals surface area contributed by atoms with Crippen LogP contribution in [0, 0.1) is 5.82 Å². The molecule has 1 fully saturated rings. The van der Waals surface area contributed by atoms with E-state index in [1.807, 2.05) is 0 Å². The van der Waals surface area contributed by atoms with Crippen molar-refractivity contribution in [2.75, 3.05) is 26.2 Å². The lowest BCUT2D eigenvalue weighted by molar-refractivity contribution is 0.0177. The molecule has 0 unspecified atom stereocenters. The number of hydrogen-bond acceptors (Lipinski definition) is 2. The highest BCUT2D eigenvalue weighted by Crippen LogP contribution is 2.33. The van der Waals surface area contributed by atoms with E-state index in [0.717, 1.165) is 0 Å². The molecule has 1 aromatic rings. The zero-order chi connectivity index (χ0) is 13.1. The molecule has 0 saturated carbocycles. The summed E-state index contributed by atoms with van der Waals surface area (Å²) in [7, 11) is 0. The molecule has 1 saturated heterocycles. The fourth-order valence-corrected chi connectivity index (χ4v) is 2.67. The average molecular weight is 396 g/mol. The maximum Gasteiger partial charge on any atom is 0.258 e. The summed E-state index contributed by atoms with van der Waals surface area (Å²) in [6, 6.07) is 2.86. The topological polar surface area (TPSA) is 15.3 Å². The van der Waals surface area contributed by atoms with Gasteiger partial charge in [0.25, 0.3) is 6.43 Å². The molecule has 0 spiro atoms. The summed E-state index contributed by atoms with van der Waals surface area (Å²) in [5, 5.41) is 3.11. The zero-order valence-corrected chi connectivity index (χ0v) is 13.7. The van der Waals surface area contributed by atoms with Gasteiger partial charge in [0, 0.05) is 30.7 Å². The first-order chi connectivity index (χ1) is 8.59. The van der Waals surface area contributed by atoms with Crippen LogP contribution in [0.5, 0.6) is 0 Å². The third-order valence-corrected chi connectivity index (χ3v) is 3.78. The van der Waals surface area contributed by atoms with Crippen LogP contribution in [0.3, 0.4) is 0 Å². The average Bonchev–Trinajstić information content (AvgIpc) is 2.35. The number of nitrogens with one attached hydrogen (secondary N) is 1. The molecule has 1 aliphatic heterocycles. The number of nitrogens with zero attached hydrogens (tertiary/aromatic N) is 1. The SMILES string of the molecule is Cl.Cl.Fc1ccc(Br)c([C@H](C(F)F)N2CCNCC2)c1. The molecule has 0 bridgehead atoms. The van der Waals surface area contributed by atoms with Crippen molar-refractivity contribution in [3.63, 3.8) is 0 Å². The van der Waals surface area contributed by atoms with Gasteiger partial charge in [0.05, 0.1) is 6.04 Å². The lowest BCUT2D eigenvalue weighted by Crippen LogP contribution is -2.47. The van der Waals surface area contributed by atoms with Crippen LogP contribution < -0.4 is 5.32 Å². The van der Waals surface area contributed by atoms with E-state index in [0.29, 0.717) is 36.2 Å². The van der Waals surface area contributed by atoms with Crippen molar-refractivity contribution in [1.29, 1.82) is 0 Å². The third-order valence-electron chi connectivity index (χ3n) is 3.06. The molecule has 0 amide bonds. The van der Waals surface area contributed by atoms with Crippen LogP contribution in [0.2, 0.25) is 0 Å². The van der Waals surface area contributed by atoms with Gasteiger partial charge in [0.2, 0.25) is 0 Å². The second-order valence-corrected chi connectivity index (χ2v) is 5.09. The standard InChI is InChI=1S/C12H14BrF3N2.2ClH/c13-10-2-1-8(14)7-9(10)11(12(15)16)18-5-3-17-4-6-18;;/h1-2,7,11-12,17H,3-6H2;2*1H/t11-;;/m1../s1. The summed E-state index contributed by atoms with van der Waals surface area (Å²) in [5.41, 5.74) is 0.312. The van der Waals surface area contributed by atoms with Gasteiger partial charge in [-0.05, 0) is 23.8 Å². The maximum absolute atomic E-state index is 13.3. The number of hydrogen-bond donors (Lipinski definition) is 1. The quantitative estimate of drug-likeness (QED) is 0.840. The largest absolute Gasteiger partial charge is 0.314 e. The molecule has 0 radical (unpaired) electrons. The monoisotopic (exact) mass is 394 g/mol. The van der Waals surface area contributed by atoms with Gasteiger partial charge in [-0.15, -0.1) is 24.8 Å². The molecule has 1 heterocycles. The Hall–Kier alpha value is -0.0100. The number of benzene rings is 1. The predicted octanol–water partition coefficient (Wildman–Crippen LogP) is 3.64. The molecule has 2 nitrogen and oxygen atoms in total. The van der Waals surface area contributed by atoms with Crippen molar-refractivity contribution in [1.82, 2.24) is 10.2 Å². The van der Waals surface area contributed by atoms with Gasteiger partial charge >= 0.3 is 0 Å². The molecular weight excluding hydrogens is 380 g/mol. The minimum Gasteiger partial charge on any atom is -0.314 e. The molecular formula is C12H16BrCl2F3N2. The molecule has 1 atom stereocenters. The lowest BCUT2D eigenvalue weighted by atomic mass is 10.0. The minimum absolute atomic E-state index is 0. The molecule has 8 heteroatoms. The van der Waals surface area contributed by atoms with Crippen LogP contribution in [-0.2, 0) is 0 Å². The van der Waals surface area contributed by atoms with Gasteiger partial charge in [-0.1, -0.05) is 15.9 Å². The molecule has 20 heavy (non-hydrogen) atoms. The highest BCUT2D eigenvalue weighted by molar-refractivity contribution is 9.10. The summed E-state index contributed by atoms with van der Waals surface area (Å²) >= 11 is 3.22. The van der Waals surface area contributed by atoms with Gasteiger partial charge in [0.15, 0.2) is 0 Å². The van der Waals surface area contributed by atoms with Crippen LogP contribution in [0.15, 0.2) is 22.7 Å². The highest BCUT2D eigenvalue weighted by Gasteiger charge is 2.31. The molecule has 116 valence electrons. The van der Waals surface area contributed by atoms with Crippen LogP contribution in [0.1, 0.15) is 11.6 Å². The smallest absolute Gasteiger partial charge is 0.258 e. The summed E-state index contributed by atoms with van der Waals surface area (Å²) in [4.78, 5) is 1.70. The van der Waals surface area contributed by atoms with E-state index < -0.39 is 18.3 Å². The molecule has 1 N–H and O–H groups in total. The summed E-state index contributed by atoms with van der Waals surface area (Å²) in [5.74, 6) is -0.492. The number of alkyl halides is 2. The Labute approximate surface area is 137 Å². The molecule has 1 aromatic carbocycles. The number of rotatable bonds is 3. The molecule has 1 aliphatic rings. The van der Waals surface area contributed by atoms with Gasteiger partial charge < -0.3 is 5.32 Å². The Morgan fingerprint density at radius 1 is 1.15 bits per heavy atom. The van der Waals surface area contributed by atoms with Gasteiger partial charge in [-0.25, -0.2) is 13.2 Å². The summed E-state index contributed by atoms with van der Waals surface area (Å²) in [6.07, 6.45) is -2.54. The van der Waals surface area contributed by atoms with Crippen LogP contribution in [-0.4, -0.2) is 37.5 Å². The predicted molar refractivity (Wildman–Crippen MR) is 81.8 cm³/mol. The van der Waals surface area contributed by atoms with E-state index in [1.54, 1.807) is 4.90 Å². The van der Waals surface area contributed by atoms with E-state index in [-0.39, 0.29) is 24.8 Å². The van der Waals surface area contributed by atoms with Crippen LogP contribution in [0.4, 0.5) is 13.2 Å². The fourth-order valence-electron chi connectivity index (χ4n) is 2.19. The number of piperazine rings is 1. The Morgan fingerprint density at radius 2 is 1.75 bits per heavy atom. The third kappa shape index (κ3) is 4.77. The van der Waals surface area contributed by atoms with Crippen molar-refractivity contribution in [2.45, 2.75) is 12.5 Å². The van der Waals surface area contributed by atoms with Crippen LogP contribution >= 0.6 is 40.7 Å². The zero-order valence-electron chi connectivity index (χ0n) is 10.5. The van der Waals surface area contributed by atoms with Gasteiger partial charge in [0.1, 0.15) is 5.82 Å². The van der Waals surface area contributed by atoms with Gasteiger partial charge in [-0.3, -0.25) is 4.90 Å². The van der Waals surface area contributed by atoms with Crippen molar-refractivity contribution < 1.29 is 13.2 Å². The first-order valence-electron chi connectivity index (χ1n) is 5.77. The normalized spacial score (nSPS) is 17.2. The van der Waals surface area contributed by atoms with Crippen molar-refractivity contribution >= 4 is 40.7 Å². The van der Waals surface area contributed by atoms with E-state index in [2.05, 4.69) is 21.2 Å². The van der Waals surface area contributed by atoms with E-state index in [9.17, 15) is 13.2 Å². The van der Waals surface area contributed by atoms with Crippen LogP contribution in [0.25, 0.3) is 0 Å². The molecule has 0 aliphatic carbocycles. The first kappa shape index (κ1) is 20.0. The van der Waals surface area contributed by atoms with E-state index >= 15 is 0 Å². The van der Waals surface area contributed by atoms with Crippen molar-refractivity contribution in [3.8, 4) is 0 Å². The second-order valence-electron chi connectivity index (χ2n) is 4.23. The summed E-state index contributed by atoms with van der Waals surface area (Å²) in [6.45, 7) is 2.43. The Bertz CT molecular complexity index is 418. The Balaban J connectivity index is 0.00000180. The van der Waals surface area contributed by atoms with E-state index in [1.165, 1.54) is 18.2 Å². The van der Waals surface area contributed by atoms with Gasteiger partial charge in [-0.2, -0.15) is 0 Å². The first-order valence-corrected chi connectivity index (χ1v) is 6.57. The van der Waals surface area contributed by atoms with Crippen molar-refractivity contribution in [2.24, 2.45) is 0 Å². The summed E-state index contributed by atoms with van der Waals surface area (Å²) < 4.78 is 40.3. The van der Waals surface area contributed by atoms with E-state index in [4.69, 9.17) is 0 Å². The minimum atomic E-state index is -2.54. The fraction of sp³-hybridized carbons (Fsp3) is 0.500. The van der Waals surface area contributed by atoms with Crippen molar-refractivity contribution in [3.05, 3.63) is 34.1 Å². The lowest BCUT2D eigenvalue weighted by Gasteiger charge is -2.35.